The third kappa shape index (κ3) is 5.05. The number of hydrogen-bond donors (Lipinski definition) is 1. The van der Waals surface area contributed by atoms with Crippen LogP contribution in [0.3, 0.4) is 0 Å². The standard InChI is InChI=1S/C26H30ClN3O5/c1-18-7-3-4-8-19(18)25(33)30-22(23(31)28-13-16-34-2)17-35-26(30)11-14-29(15-12-26)24(32)20-9-5-6-10-21(20)27/h3-10,22H,11-17H2,1-2H3,(H,28,31)/t22-/m1/s1. The van der Waals surface area contributed by atoms with Crippen LogP contribution in [0.4, 0.5) is 0 Å². The van der Waals surface area contributed by atoms with E-state index >= 15 is 0 Å². The Balaban J connectivity index is 1.57. The first kappa shape index (κ1) is 25.2. The molecule has 1 atom stereocenters. The molecule has 35 heavy (non-hydrogen) atoms. The highest BCUT2D eigenvalue weighted by molar-refractivity contribution is 6.33. The summed E-state index contributed by atoms with van der Waals surface area (Å²) in [5, 5.41) is 3.24. The Labute approximate surface area is 210 Å². The summed E-state index contributed by atoms with van der Waals surface area (Å²) in [4.78, 5) is 43.2. The van der Waals surface area contributed by atoms with Crippen LogP contribution >= 0.6 is 11.6 Å². The summed E-state index contributed by atoms with van der Waals surface area (Å²) in [6.07, 6.45) is 0.783. The van der Waals surface area contributed by atoms with E-state index in [1.54, 1.807) is 47.2 Å². The molecular formula is C26H30ClN3O5. The number of methoxy groups -OCH3 is 1. The van der Waals surface area contributed by atoms with Gasteiger partial charge in [-0.05, 0) is 30.7 Å². The zero-order valence-electron chi connectivity index (χ0n) is 20.0. The molecule has 0 aliphatic carbocycles. The van der Waals surface area contributed by atoms with E-state index in [0.717, 1.165) is 5.56 Å². The first-order valence-corrected chi connectivity index (χ1v) is 12.1. The number of benzene rings is 2. The lowest BCUT2D eigenvalue weighted by atomic mass is 9.95. The number of ether oxygens (including phenoxy) is 2. The number of carbonyl (C=O) groups is 3. The van der Waals surface area contributed by atoms with Gasteiger partial charge in [0.15, 0.2) is 0 Å². The van der Waals surface area contributed by atoms with E-state index in [4.69, 9.17) is 21.1 Å². The number of amides is 3. The van der Waals surface area contributed by atoms with Crippen LogP contribution in [-0.4, -0.2) is 79.2 Å². The second kappa shape index (κ2) is 10.8. The van der Waals surface area contributed by atoms with Gasteiger partial charge in [-0.2, -0.15) is 0 Å². The molecule has 0 radical (unpaired) electrons. The largest absolute Gasteiger partial charge is 0.383 e. The Morgan fingerprint density at radius 1 is 1.06 bits per heavy atom. The number of nitrogens with one attached hydrogen (secondary N) is 1. The van der Waals surface area contributed by atoms with E-state index in [1.165, 1.54) is 0 Å². The van der Waals surface area contributed by atoms with Crippen molar-refractivity contribution in [3.05, 3.63) is 70.2 Å². The third-order valence-electron chi connectivity index (χ3n) is 6.70. The van der Waals surface area contributed by atoms with Gasteiger partial charge < -0.3 is 19.7 Å². The average molecular weight is 500 g/mol. The van der Waals surface area contributed by atoms with Crippen LogP contribution in [0.1, 0.15) is 39.1 Å². The number of piperidine rings is 1. The van der Waals surface area contributed by atoms with Gasteiger partial charge in [0.1, 0.15) is 11.8 Å². The van der Waals surface area contributed by atoms with E-state index in [-0.39, 0.29) is 24.3 Å². The molecule has 0 unspecified atom stereocenters. The van der Waals surface area contributed by atoms with E-state index in [0.29, 0.717) is 55.2 Å². The summed E-state index contributed by atoms with van der Waals surface area (Å²) >= 11 is 6.23. The van der Waals surface area contributed by atoms with Gasteiger partial charge in [-0.15, -0.1) is 0 Å². The molecule has 186 valence electrons. The summed E-state index contributed by atoms with van der Waals surface area (Å²) in [7, 11) is 1.56. The van der Waals surface area contributed by atoms with Gasteiger partial charge >= 0.3 is 0 Å². The lowest BCUT2D eigenvalue weighted by Gasteiger charge is -2.44. The number of hydrogen-bond acceptors (Lipinski definition) is 5. The number of likely N-dealkylation sites (tertiary alicyclic amines) is 1. The van der Waals surface area contributed by atoms with Gasteiger partial charge in [0.05, 0.1) is 23.8 Å². The molecule has 2 aliphatic rings. The molecule has 4 rings (SSSR count). The van der Waals surface area contributed by atoms with Crippen molar-refractivity contribution in [1.29, 1.82) is 0 Å². The van der Waals surface area contributed by atoms with E-state index < -0.39 is 11.8 Å². The Bertz CT molecular complexity index is 1100. The van der Waals surface area contributed by atoms with Crippen molar-refractivity contribution in [2.45, 2.75) is 31.5 Å². The van der Waals surface area contributed by atoms with Crippen molar-refractivity contribution in [1.82, 2.24) is 15.1 Å². The van der Waals surface area contributed by atoms with E-state index in [2.05, 4.69) is 5.32 Å². The molecule has 2 aromatic carbocycles. The summed E-state index contributed by atoms with van der Waals surface area (Å²) in [6, 6.07) is 13.5. The Morgan fingerprint density at radius 3 is 2.37 bits per heavy atom. The Hall–Kier alpha value is -2.94. The van der Waals surface area contributed by atoms with Gasteiger partial charge in [0.2, 0.25) is 5.91 Å². The zero-order chi connectivity index (χ0) is 25.0. The van der Waals surface area contributed by atoms with Crippen LogP contribution in [0, 0.1) is 6.92 Å². The maximum Gasteiger partial charge on any atom is 0.257 e. The fourth-order valence-corrected chi connectivity index (χ4v) is 4.98. The van der Waals surface area contributed by atoms with Crippen molar-refractivity contribution in [3.63, 3.8) is 0 Å². The monoisotopic (exact) mass is 499 g/mol. The van der Waals surface area contributed by atoms with Crippen LogP contribution in [0.2, 0.25) is 5.02 Å². The highest BCUT2D eigenvalue weighted by atomic mass is 35.5. The molecule has 2 fully saturated rings. The van der Waals surface area contributed by atoms with Crippen molar-refractivity contribution < 1.29 is 23.9 Å². The van der Waals surface area contributed by atoms with Crippen molar-refractivity contribution >= 4 is 29.3 Å². The number of aryl methyl sites for hydroxylation is 1. The predicted octanol–water partition coefficient (Wildman–Crippen LogP) is 2.88. The molecule has 0 bridgehead atoms. The van der Waals surface area contributed by atoms with Gasteiger partial charge in [0, 0.05) is 45.1 Å². The lowest BCUT2D eigenvalue weighted by molar-refractivity contribution is -0.128. The zero-order valence-corrected chi connectivity index (χ0v) is 20.7. The van der Waals surface area contributed by atoms with Crippen LogP contribution in [-0.2, 0) is 14.3 Å². The predicted molar refractivity (Wildman–Crippen MR) is 131 cm³/mol. The molecular weight excluding hydrogens is 470 g/mol. The first-order valence-electron chi connectivity index (χ1n) is 11.7. The summed E-state index contributed by atoms with van der Waals surface area (Å²) in [5.41, 5.74) is 0.826. The second-order valence-electron chi connectivity index (χ2n) is 8.82. The highest BCUT2D eigenvalue weighted by Crippen LogP contribution is 2.39. The molecule has 0 saturated carbocycles. The van der Waals surface area contributed by atoms with Crippen molar-refractivity contribution in [2.75, 3.05) is 40.0 Å². The quantitative estimate of drug-likeness (QED) is 0.617. The minimum absolute atomic E-state index is 0.0922. The van der Waals surface area contributed by atoms with Crippen LogP contribution in [0.5, 0.6) is 0 Å². The maximum absolute atomic E-state index is 13.8. The fourth-order valence-electron chi connectivity index (χ4n) is 4.77. The molecule has 1 spiro atoms. The molecule has 2 aromatic rings. The Kier molecular flexibility index (Phi) is 7.74. The number of halogens is 1. The molecule has 3 amide bonds. The molecule has 1 N–H and O–H groups in total. The Morgan fingerprint density at radius 2 is 1.71 bits per heavy atom. The number of nitrogens with zero attached hydrogens (tertiary/aromatic N) is 2. The van der Waals surface area contributed by atoms with Gasteiger partial charge in [-0.25, -0.2) is 0 Å². The SMILES string of the molecule is COCCNC(=O)[C@H]1COC2(CCN(C(=O)c3ccccc3Cl)CC2)N1C(=O)c1ccccc1C. The lowest BCUT2D eigenvalue weighted by Crippen LogP contribution is -2.60. The first-order chi connectivity index (χ1) is 16.9. The topological polar surface area (TPSA) is 88.2 Å². The molecule has 0 aromatic heterocycles. The maximum atomic E-state index is 13.8. The minimum atomic E-state index is -0.972. The summed E-state index contributed by atoms with van der Waals surface area (Å²) in [6.45, 7) is 3.42. The van der Waals surface area contributed by atoms with Crippen molar-refractivity contribution in [2.24, 2.45) is 0 Å². The molecule has 2 aliphatic heterocycles. The van der Waals surface area contributed by atoms with Crippen LogP contribution in [0.25, 0.3) is 0 Å². The smallest absolute Gasteiger partial charge is 0.257 e. The van der Waals surface area contributed by atoms with Crippen LogP contribution in [0.15, 0.2) is 48.5 Å². The fraction of sp³-hybridized carbons (Fsp3) is 0.423. The minimum Gasteiger partial charge on any atom is -0.383 e. The summed E-state index contributed by atoms with van der Waals surface area (Å²) in [5.74, 6) is -0.692. The normalized spacial score (nSPS) is 19.1. The molecule has 8 nitrogen and oxygen atoms in total. The third-order valence-corrected chi connectivity index (χ3v) is 7.03. The number of carbonyl (C=O) groups excluding carboxylic acids is 3. The van der Waals surface area contributed by atoms with Gasteiger partial charge in [-0.1, -0.05) is 41.9 Å². The number of rotatable bonds is 6. The molecule has 2 heterocycles. The van der Waals surface area contributed by atoms with Gasteiger partial charge in [0.25, 0.3) is 11.8 Å². The molecule has 9 heteroatoms. The molecule has 2 saturated heterocycles. The van der Waals surface area contributed by atoms with Crippen LogP contribution < -0.4 is 5.32 Å². The average Bonchev–Trinajstić information content (AvgIpc) is 3.23. The van der Waals surface area contributed by atoms with Gasteiger partial charge in [-0.3, -0.25) is 19.3 Å². The summed E-state index contributed by atoms with van der Waals surface area (Å²) < 4.78 is 11.3. The second-order valence-corrected chi connectivity index (χ2v) is 9.23. The van der Waals surface area contributed by atoms with E-state index in [9.17, 15) is 14.4 Å². The highest BCUT2D eigenvalue weighted by Gasteiger charge is 2.54. The van der Waals surface area contributed by atoms with E-state index in [1.807, 2.05) is 25.1 Å². The van der Waals surface area contributed by atoms with Crippen molar-refractivity contribution in [3.8, 4) is 0 Å².